The summed E-state index contributed by atoms with van der Waals surface area (Å²) in [5.74, 6) is 0.443. The van der Waals surface area contributed by atoms with Crippen LogP contribution in [0.2, 0.25) is 0 Å². The number of nitrogens with zero attached hydrogens (tertiary/aromatic N) is 1. The summed E-state index contributed by atoms with van der Waals surface area (Å²) in [5, 5.41) is 8.80. The van der Waals surface area contributed by atoms with Crippen molar-refractivity contribution < 1.29 is 18.3 Å². The lowest BCUT2D eigenvalue weighted by Crippen LogP contribution is -2.43. The minimum atomic E-state index is -2.88. The van der Waals surface area contributed by atoms with E-state index in [-0.39, 0.29) is 48.7 Å². The number of hydrogen-bond acceptors (Lipinski definition) is 3. The molecule has 6 nitrogen and oxygen atoms in total. The second-order valence-electron chi connectivity index (χ2n) is 5.38. The molecular weight excluding hydrogens is 445 g/mol. The fraction of sp³-hybridized carbons (Fsp3) is 0.500. The largest absolute Gasteiger partial charge is 0.434 e. The number of ether oxygens (including phenoxy) is 1. The lowest BCUT2D eigenvalue weighted by Gasteiger charge is -2.12. The van der Waals surface area contributed by atoms with Crippen LogP contribution in [0.15, 0.2) is 29.3 Å². The standard InChI is InChI=1S/C16H22F2N4O2.HI/c1-2-19-16(21-10-14(23)22-12-7-8-12)20-9-11-5-3-4-6-13(11)24-15(17)18;/h3-6,12,15H,2,7-10H2,1H3,(H,22,23)(H2,19,20,21);1H. The maximum Gasteiger partial charge on any atom is 0.387 e. The molecule has 25 heavy (non-hydrogen) atoms. The van der Waals surface area contributed by atoms with Gasteiger partial charge < -0.3 is 20.7 Å². The van der Waals surface area contributed by atoms with Crippen LogP contribution in [-0.2, 0) is 11.3 Å². The number of benzene rings is 1. The van der Waals surface area contributed by atoms with E-state index in [4.69, 9.17) is 0 Å². The molecule has 1 aromatic carbocycles. The number of carbonyl (C=O) groups excluding carboxylic acids is 1. The van der Waals surface area contributed by atoms with E-state index in [9.17, 15) is 13.6 Å². The lowest BCUT2D eigenvalue weighted by molar-refractivity contribution is -0.120. The van der Waals surface area contributed by atoms with Crippen LogP contribution in [0.3, 0.4) is 0 Å². The minimum Gasteiger partial charge on any atom is -0.434 e. The highest BCUT2D eigenvalue weighted by Crippen LogP contribution is 2.21. The summed E-state index contributed by atoms with van der Waals surface area (Å²) in [6.07, 6.45) is 2.06. The molecule has 0 bridgehead atoms. The van der Waals surface area contributed by atoms with Crippen LogP contribution >= 0.6 is 24.0 Å². The molecule has 0 aromatic heterocycles. The van der Waals surface area contributed by atoms with E-state index in [0.717, 1.165) is 12.8 Å². The molecule has 0 aliphatic heterocycles. The van der Waals surface area contributed by atoms with Gasteiger partial charge in [-0.3, -0.25) is 4.79 Å². The average molecular weight is 468 g/mol. The van der Waals surface area contributed by atoms with Crippen molar-refractivity contribution in [3.63, 3.8) is 0 Å². The zero-order valence-corrected chi connectivity index (χ0v) is 16.3. The lowest BCUT2D eigenvalue weighted by atomic mass is 10.2. The Balaban J connectivity index is 0.00000312. The van der Waals surface area contributed by atoms with E-state index in [0.29, 0.717) is 24.1 Å². The number of halogens is 3. The third-order valence-corrected chi connectivity index (χ3v) is 3.30. The van der Waals surface area contributed by atoms with Gasteiger partial charge in [-0.25, -0.2) is 4.99 Å². The Morgan fingerprint density at radius 3 is 2.68 bits per heavy atom. The van der Waals surface area contributed by atoms with Crippen LogP contribution in [0.1, 0.15) is 25.3 Å². The zero-order valence-electron chi connectivity index (χ0n) is 13.9. The summed E-state index contributed by atoms with van der Waals surface area (Å²) in [4.78, 5) is 16.0. The summed E-state index contributed by atoms with van der Waals surface area (Å²) in [6, 6.07) is 6.80. The van der Waals surface area contributed by atoms with Gasteiger partial charge in [-0.15, -0.1) is 24.0 Å². The molecule has 2 rings (SSSR count). The molecule has 1 aliphatic rings. The first kappa shape index (κ1) is 21.4. The second kappa shape index (κ2) is 11.1. The van der Waals surface area contributed by atoms with Crippen LogP contribution in [-0.4, -0.2) is 37.6 Å². The van der Waals surface area contributed by atoms with E-state index >= 15 is 0 Å². The molecule has 0 unspecified atom stereocenters. The van der Waals surface area contributed by atoms with Crippen molar-refractivity contribution in [3.05, 3.63) is 29.8 Å². The number of alkyl halides is 2. The first-order chi connectivity index (χ1) is 11.6. The maximum absolute atomic E-state index is 12.4. The molecule has 0 heterocycles. The predicted molar refractivity (Wildman–Crippen MR) is 102 cm³/mol. The average Bonchev–Trinajstić information content (AvgIpc) is 3.34. The fourth-order valence-corrected chi connectivity index (χ4v) is 2.02. The smallest absolute Gasteiger partial charge is 0.387 e. The first-order valence-electron chi connectivity index (χ1n) is 7.92. The Morgan fingerprint density at radius 1 is 1.32 bits per heavy atom. The van der Waals surface area contributed by atoms with E-state index in [2.05, 4.69) is 25.7 Å². The van der Waals surface area contributed by atoms with Gasteiger partial charge in [0.05, 0.1) is 13.1 Å². The molecule has 9 heteroatoms. The Kier molecular flexibility index (Phi) is 9.46. The molecule has 1 aliphatic carbocycles. The number of carbonyl (C=O) groups is 1. The van der Waals surface area contributed by atoms with Crippen molar-refractivity contribution >= 4 is 35.8 Å². The molecule has 0 saturated heterocycles. The van der Waals surface area contributed by atoms with Gasteiger partial charge in [-0.2, -0.15) is 8.78 Å². The molecule has 1 aromatic rings. The Morgan fingerprint density at radius 2 is 2.04 bits per heavy atom. The van der Waals surface area contributed by atoms with Crippen molar-refractivity contribution in [2.75, 3.05) is 13.1 Å². The number of hydrogen-bond donors (Lipinski definition) is 3. The summed E-state index contributed by atoms with van der Waals surface area (Å²) in [5.41, 5.74) is 0.539. The van der Waals surface area contributed by atoms with Crippen molar-refractivity contribution in [3.8, 4) is 5.75 Å². The molecule has 140 valence electrons. The van der Waals surface area contributed by atoms with Crippen LogP contribution in [0.5, 0.6) is 5.75 Å². The molecule has 1 saturated carbocycles. The highest BCUT2D eigenvalue weighted by atomic mass is 127. The van der Waals surface area contributed by atoms with Gasteiger partial charge in [-0.05, 0) is 25.8 Å². The topological polar surface area (TPSA) is 74.8 Å². The number of amides is 1. The molecule has 3 N–H and O–H groups in total. The van der Waals surface area contributed by atoms with E-state index in [1.165, 1.54) is 6.07 Å². The summed E-state index contributed by atoms with van der Waals surface area (Å²) >= 11 is 0. The minimum absolute atomic E-state index is 0. The van der Waals surface area contributed by atoms with Gasteiger partial charge in [-0.1, -0.05) is 18.2 Å². The van der Waals surface area contributed by atoms with Crippen LogP contribution in [0.25, 0.3) is 0 Å². The molecule has 1 amide bonds. The Bertz CT molecular complexity index is 583. The summed E-state index contributed by atoms with van der Waals surface area (Å²) in [6.45, 7) is -0.104. The fourth-order valence-electron chi connectivity index (χ4n) is 2.02. The van der Waals surface area contributed by atoms with Gasteiger partial charge >= 0.3 is 6.61 Å². The summed E-state index contributed by atoms with van der Waals surface area (Å²) < 4.78 is 29.3. The van der Waals surface area contributed by atoms with E-state index in [1.807, 2.05) is 6.92 Å². The number of rotatable bonds is 8. The maximum atomic E-state index is 12.4. The number of aliphatic imine (C=N–C) groups is 1. The highest BCUT2D eigenvalue weighted by Gasteiger charge is 2.22. The van der Waals surface area contributed by atoms with Gasteiger partial charge in [0.25, 0.3) is 0 Å². The van der Waals surface area contributed by atoms with Crippen LogP contribution in [0.4, 0.5) is 8.78 Å². The number of nitrogens with one attached hydrogen (secondary N) is 3. The SMILES string of the molecule is CCNC(=NCc1ccccc1OC(F)F)NCC(=O)NC1CC1.I. The van der Waals surface area contributed by atoms with Crippen molar-refractivity contribution in [1.82, 2.24) is 16.0 Å². The number of guanidine groups is 1. The van der Waals surface area contributed by atoms with Crippen LogP contribution < -0.4 is 20.7 Å². The molecule has 0 radical (unpaired) electrons. The van der Waals surface area contributed by atoms with Gasteiger partial charge in [0, 0.05) is 18.2 Å². The number of para-hydroxylation sites is 1. The van der Waals surface area contributed by atoms with E-state index in [1.54, 1.807) is 18.2 Å². The Labute approximate surface area is 162 Å². The normalized spacial score (nSPS) is 13.8. The molecule has 1 fully saturated rings. The molecule has 0 atom stereocenters. The summed E-state index contributed by atoms with van der Waals surface area (Å²) in [7, 11) is 0. The van der Waals surface area contributed by atoms with Gasteiger partial charge in [0.1, 0.15) is 5.75 Å². The van der Waals surface area contributed by atoms with Crippen molar-refractivity contribution in [2.24, 2.45) is 4.99 Å². The highest BCUT2D eigenvalue weighted by molar-refractivity contribution is 14.0. The van der Waals surface area contributed by atoms with E-state index < -0.39 is 6.61 Å². The third kappa shape index (κ3) is 8.32. The third-order valence-electron chi connectivity index (χ3n) is 3.30. The first-order valence-corrected chi connectivity index (χ1v) is 7.92. The monoisotopic (exact) mass is 468 g/mol. The quantitative estimate of drug-likeness (QED) is 0.311. The molecular formula is C16H23F2IN4O2. The zero-order chi connectivity index (χ0) is 17.4. The van der Waals surface area contributed by atoms with Gasteiger partial charge in [0.2, 0.25) is 5.91 Å². The molecule has 0 spiro atoms. The van der Waals surface area contributed by atoms with Crippen molar-refractivity contribution in [1.29, 1.82) is 0 Å². The van der Waals surface area contributed by atoms with Gasteiger partial charge in [0.15, 0.2) is 5.96 Å². The van der Waals surface area contributed by atoms with Crippen molar-refractivity contribution in [2.45, 2.75) is 39.0 Å². The second-order valence-corrected chi connectivity index (χ2v) is 5.38. The van der Waals surface area contributed by atoms with Crippen LogP contribution in [0, 0.1) is 0 Å². The Hall–Kier alpha value is -1.65. The predicted octanol–water partition coefficient (Wildman–Crippen LogP) is 2.24.